The van der Waals surface area contributed by atoms with E-state index in [1.807, 2.05) is 0 Å². The van der Waals surface area contributed by atoms with Crippen molar-refractivity contribution in [3.05, 3.63) is 40.4 Å². The summed E-state index contributed by atoms with van der Waals surface area (Å²) < 4.78 is 27.3. The van der Waals surface area contributed by atoms with E-state index < -0.39 is 11.6 Å². The molecule has 0 aliphatic carbocycles. The van der Waals surface area contributed by atoms with Crippen LogP contribution in [0.5, 0.6) is 0 Å². The van der Waals surface area contributed by atoms with Gasteiger partial charge in [-0.25, -0.2) is 13.8 Å². The maximum atomic E-state index is 13.7. The number of hydrogen-bond acceptors (Lipinski definition) is 3. The highest BCUT2D eigenvalue weighted by molar-refractivity contribution is 7.17. The maximum Gasteiger partial charge on any atom is 0.263 e. The zero-order valence-corrected chi connectivity index (χ0v) is 11.3. The van der Waals surface area contributed by atoms with Crippen LogP contribution in [-0.4, -0.2) is 17.4 Å². The fourth-order valence-electron chi connectivity index (χ4n) is 1.66. The fraction of sp³-hybridized carbons (Fsp3) is 0.231. The lowest BCUT2D eigenvalue weighted by Crippen LogP contribution is -2.22. The molecule has 0 atom stereocenters. The summed E-state index contributed by atoms with van der Waals surface area (Å²) in [6, 6.07) is 3.63. The molecule has 0 aliphatic rings. The number of halogens is 2. The van der Waals surface area contributed by atoms with Crippen LogP contribution < -0.4 is 5.32 Å². The fourth-order valence-corrected chi connectivity index (χ4v) is 2.69. The highest BCUT2D eigenvalue weighted by Crippen LogP contribution is 2.31. The summed E-state index contributed by atoms with van der Waals surface area (Å²) in [5.74, 6) is -1.65. The van der Waals surface area contributed by atoms with Gasteiger partial charge in [-0.2, -0.15) is 0 Å². The molecule has 0 aliphatic heterocycles. The lowest BCUT2D eigenvalue weighted by molar-refractivity contribution is 0.0959. The average molecular weight is 282 g/mol. The average Bonchev–Trinajstić information content (AvgIpc) is 2.71. The standard InChI is InChI=1S/C13H12F2N2OS/c1-3-16-12(18)11-7(2)17-13(19-11)10-8(14)5-4-6-9(10)15/h4-6H,3H2,1-2H3,(H,16,18). The molecular formula is C13H12F2N2OS. The number of rotatable bonds is 3. The van der Waals surface area contributed by atoms with E-state index >= 15 is 0 Å². The van der Waals surface area contributed by atoms with Gasteiger partial charge in [0.25, 0.3) is 5.91 Å². The second-order valence-corrected chi connectivity index (χ2v) is 4.89. The van der Waals surface area contributed by atoms with E-state index in [9.17, 15) is 13.6 Å². The predicted molar refractivity (Wildman–Crippen MR) is 70.2 cm³/mol. The minimum absolute atomic E-state index is 0.175. The molecule has 1 amide bonds. The van der Waals surface area contributed by atoms with Crippen molar-refractivity contribution < 1.29 is 13.6 Å². The smallest absolute Gasteiger partial charge is 0.263 e. The molecule has 100 valence electrons. The summed E-state index contributed by atoms with van der Waals surface area (Å²) in [6.45, 7) is 3.93. The van der Waals surface area contributed by atoms with Crippen molar-refractivity contribution in [2.24, 2.45) is 0 Å². The number of nitrogens with zero attached hydrogens (tertiary/aromatic N) is 1. The lowest BCUT2D eigenvalue weighted by atomic mass is 10.2. The van der Waals surface area contributed by atoms with Crippen molar-refractivity contribution in [2.45, 2.75) is 13.8 Å². The first-order chi connectivity index (χ1) is 9.04. The molecule has 0 fully saturated rings. The van der Waals surface area contributed by atoms with E-state index in [4.69, 9.17) is 0 Å². The molecule has 6 heteroatoms. The molecule has 1 aromatic heterocycles. The Labute approximate surface area is 113 Å². The zero-order valence-electron chi connectivity index (χ0n) is 10.5. The van der Waals surface area contributed by atoms with Crippen LogP contribution in [0.2, 0.25) is 0 Å². The van der Waals surface area contributed by atoms with E-state index in [2.05, 4.69) is 10.3 Å². The number of benzene rings is 1. The van der Waals surface area contributed by atoms with Crippen molar-refractivity contribution in [3.63, 3.8) is 0 Å². The Morgan fingerprint density at radius 2 is 2.00 bits per heavy atom. The summed E-state index contributed by atoms with van der Waals surface area (Å²) in [7, 11) is 0. The minimum Gasteiger partial charge on any atom is -0.352 e. The van der Waals surface area contributed by atoms with E-state index in [0.717, 1.165) is 11.3 Å². The van der Waals surface area contributed by atoms with E-state index in [0.29, 0.717) is 17.1 Å². The number of hydrogen-bond donors (Lipinski definition) is 1. The number of carbonyl (C=O) groups excluding carboxylic acids is 1. The van der Waals surface area contributed by atoms with Gasteiger partial charge in [0.2, 0.25) is 0 Å². The van der Waals surface area contributed by atoms with Gasteiger partial charge < -0.3 is 5.32 Å². The molecule has 0 bridgehead atoms. The Morgan fingerprint density at radius 3 is 2.58 bits per heavy atom. The van der Waals surface area contributed by atoms with Crippen molar-refractivity contribution in [3.8, 4) is 10.6 Å². The van der Waals surface area contributed by atoms with Crippen LogP contribution in [0.4, 0.5) is 8.78 Å². The highest BCUT2D eigenvalue weighted by Gasteiger charge is 2.19. The van der Waals surface area contributed by atoms with Gasteiger partial charge in [-0.05, 0) is 26.0 Å². The van der Waals surface area contributed by atoms with Crippen molar-refractivity contribution in [1.82, 2.24) is 10.3 Å². The zero-order chi connectivity index (χ0) is 14.0. The van der Waals surface area contributed by atoms with Crippen LogP contribution in [0.3, 0.4) is 0 Å². The predicted octanol–water partition coefficient (Wildman–Crippen LogP) is 3.15. The summed E-state index contributed by atoms with van der Waals surface area (Å²) >= 11 is 0.986. The number of aryl methyl sites for hydroxylation is 1. The van der Waals surface area contributed by atoms with Crippen LogP contribution >= 0.6 is 11.3 Å². The van der Waals surface area contributed by atoms with Gasteiger partial charge in [0.15, 0.2) is 0 Å². The van der Waals surface area contributed by atoms with Gasteiger partial charge in [0.1, 0.15) is 21.5 Å². The van der Waals surface area contributed by atoms with E-state index in [-0.39, 0.29) is 16.5 Å². The Morgan fingerprint density at radius 1 is 1.37 bits per heavy atom. The number of carbonyl (C=O) groups is 1. The Hall–Kier alpha value is -1.82. The number of nitrogens with one attached hydrogen (secondary N) is 1. The topological polar surface area (TPSA) is 42.0 Å². The second kappa shape index (κ2) is 5.44. The van der Waals surface area contributed by atoms with Crippen molar-refractivity contribution in [2.75, 3.05) is 6.54 Å². The third-order valence-corrected chi connectivity index (χ3v) is 3.69. The third kappa shape index (κ3) is 2.63. The highest BCUT2D eigenvalue weighted by atomic mass is 32.1. The number of aromatic nitrogens is 1. The molecule has 0 saturated carbocycles. The minimum atomic E-state index is -0.684. The summed E-state index contributed by atoms with van der Waals surface area (Å²) in [5.41, 5.74) is 0.278. The molecule has 1 N–H and O–H groups in total. The normalized spacial score (nSPS) is 10.5. The molecule has 0 unspecified atom stereocenters. The molecular weight excluding hydrogens is 270 g/mol. The number of amides is 1. The third-order valence-electron chi connectivity index (χ3n) is 2.52. The van der Waals surface area contributed by atoms with Gasteiger partial charge in [-0.15, -0.1) is 11.3 Å². The quantitative estimate of drug-likeness (QED) is 0.939. The van der Waals surface area contributed by atoms with Gasteiger partial charge >= 0.3 is 0 Å². The van der Waals surface area contributed by atoms with Gasteiger partial charge in [0, 0.05) is 6.54 Å². The number of thiazole rings is 1. The maximum absolute atomic E-state index is 13.7. The first kappa shape index (κ1) is 13.6. The van der Waals surface area contributed by atoms with Crippen molar-refractivity contribution in [1.29, 1.82) is 0 Å². The summed E-state index contributed by atoms with van der Waals surface area (Å²) in [4.78, 5) is 16.2. The van der Waals surface area contributed by atoms with Gasteiger partial charge in [0.05, 0.1) is 11.3 Å². The van der Waals surface area contributed by atoms with Gasteiger partial charge in [-0.3, -0.25) is 4.79 Å². The molecule has 0 saturated heterocycles. The summed E-state index contributed by atoms with van der Waals surface area (Å²) in [5, 5.41) is 2.82. The monoisotopic (exact) mass is 282 g/mol. The molecule has 1 heterocycles. The molecule has 3 nitrogen and oxygen atoms in total. The lowest BCUT2D eigenvalue weighted by Gasteiger charge is -2.00. The Kier molecular flexibility index (Phi) is 3.90. The molecule has 0 radical (unpaired) electrons. The van der Waals surface area contributed by atoms with Crippen LogP contribution in [0.1, 0.15) is 22.3 Å². The molecule has 19 heavy (non-hydrogen) atoms. The summed E-state index contributed by atoms with van der Waals surface area (Å²) in [6.07, 6.45) is 0. The molecule has 1 aromatic carbocycles. The van der Waals surface area contributed by atoms with Crippen molar-refractivity contribution >= 4 is 17.2 Å². The van der Waals surface area contributed by atoms with Crippen LogP contribution in [0, 0.1) is 18.6 Å². The Bertz CT molecular complexity index is 605. The largest absolute Gasteiger partial charge is 0.352 e. The first-order valence-electron chi connectivity index (χ1n) is 5.74. The van der Waals surface area contributed by atoms with Crippen LogP contribution in [0.25, 0.3) is 10.6 Å². The SMILES string of the molecule is CCNC(=O)c1sc(-c2c(F)cccc2F)nc1C. The van der Waals surface area contributed by atoms with E-state index in [1.165, 1.54) is 18.2 Å². The van der Waals surface area contributed by atoms with Crippen LogP contribution in [-0.2, 0) is 0 Å². The van der Waals surface area contributed by atoms with Crippen LogP contribution in [0.15, 0.2) is 18.2 Å². The van der Waals surface area contributed by atoms with Gasteiger partial charge in [-0.1, -0.05) is 6.07 Å². The Balaban J connectivity index is 2.48. The molecule has 2 aromatic rings. The second-order valence-electron chi connectivity index (χ2n) is 3.89. The van der Waals surface area contributed by atoms with E-state index in [1.54, 1.807) is 13.8 Å². The molecule has 0 spiro atoms. The first-order valence-corrected chi connectivity index (χ1v) is 6.56. The molecule has 2 rings (SSSR count).